The monoisotopic (exact) mass is 337 g/mol. The Morgan fingerprint density at radius 1 is 1.37 bits per heavy atom. The Morgan fingerprint density at radius 2 is 2.26 bits per heavy atom. The van der Waals surface area contributed by atoms with Gasteiger partial charge in [0.15, 0.2) is 0 Å². The van der Waals surface area contributed by atoms with Crippen molar-refractivity contribution in [2.45, 2.75) is 31.9 Å². The summed E-state index contributed by atoms with van der Waals surface area (Å²) in [7, 11) is 0. The molecule has 1 aromatic carbocycles. The van der Waals surface area contributed by atoms with E-state index < -0.39 is 0 Å². The number of rotatable bonds is 3. The van der Waals surface area contributed by atoms with Crippen molar-refractivity contribution < 1.29 is 4.74 Å². The van der Waals surface area contributed by atoms with Crippen LogP contribution in [-0.4, -0.2) is 0 Å². The lowest BCUT2D eigenvalue weighted by Crippen LogP contribution is -2.17. The minimum absolute atomic E-state index is 0.198. The molecule has 0 saturated carbocycles. The van der Waals surface area contributed by atoms with Crippen LogP contribution < -0.4 is 10.5 Å². The fraction of sp³-hybridized carbons (Fsp3) is 0.333. The molecule has 1 aliphatic rings. The lowest BCUT2D eigenvalue weighted by Gasteiger charge is -2.22. The highest BCUT2D eigenvalue weighted by Crippen LogP contribution is 2.31. The zero-order valence-electron chi connectivity index (χ0n) is 10.6. The normalized spacial score (nSPS) is 18.1. The maximum Gasteiger partial charge on any atom is 0.124 e. The van der Waals surface area contributed by atoms with Crippen LogP contribution in [0.4, 0.5) is 0 Å². The van der Waals surface area contributed by atoms with Gasteiger partial charge in [-0.1, -0.05) is 6.07 Å². The van der Waals surface area contributed by atoms with E-state index in [0.717, 1.165) is 23.1 Å². The van der Waals surface area contributed by atoms with E-state index in [4.69, 9.17) is 10.5 Å². The molecular weight excluding hydrogens is 322 g/mol. The summed E-state index contributed by atoms with van der Waals surface area (Å²) in [5, 5.41) is 2.06. The molecule has 4 heteroatoms. The number of ether oxygens (including phenoxy) is 1. The van der Waals surface area contributed by atoms with Crippen LogP contribution in [0.3, 0.4) is 0 Å². The second kappa shape index (κ2) is 5.65. The van der Waals surface area contributed by atoms with Gasteiger partial charge in [0, 0.05) is 10.5 Å². The van der Waals surface area contributed by atoms with Crippen LogP contribution in [0.25, 0.3) is 0 Å². The number of hydrogen-bond acceptors (Lipinski definition) is 3. The van der Waals surface area contributed by atoms with Gasteiger partial charge in [0.1, 0.15) is 12.4 Å². The highest BCUT2D eigenvalue weighted by atomic mass is 79.9. The molecule has 2 N–H and O–H groups in total. The molecule has 1 aromatic heterocycles. The summed E-state index contributed by atoms with van der Waals surface area (Å²) in [6.07, 6.45) is 3.38. The minimum atomic E-state index is 0.198. The number of halogens is 1. The van der Waals surface area contributed by atoms with Crippen molar-refractivity contribution in [2.75, 3.05) is 0 Å². The zero-order chi connectivity index (χ0) is 13.2. The third-order valence-corrected chi connectivity index (χ3v) is 5.44. The molecule has 100 valence electrons. The van der Waals surface area contributed by atoms with Gasteiger partial charge in [-0.3, -0.25) is 0 Å². The molecule has 0 spiro atoms. The van der Waals surface area contributed by atoms with Crippen molar-refractivity contribution in [3.05, 3.63) is 50.1 Å². The van der Waals surface area contributed by atoms with E-state index in [-0.39, 0.29) is 6.04 Å². The summed E-state index contributed by atoms with van der Waals surface area (Å²) in [5.41, 5.74) is 8.76. The molecule has 19 heavy (non-hydrogen) atoms. The van der Waals surface area contributed by atoms with Gasteiger partial charge in [0.05, 0.1) is 4.88 Å². The predicted octanol–water partition coefficient (Wildman–Crippen LogP) is 4.43. The number of thiophene rings is 1. The average molecular weight is 338 g/mol. The van der Waals surface area contributed by atoms with Crippen LogP contribution in [0.1, 0.15) is 34.9 Å². The van der Waals surface area contributed by atoms with Gasteiger partial charge >= 0.3 is 0 Å². The molecule has 2 aromatic rings. The Kier molecular flexibility index (Phi) is 3.91. The highest BCUT2D eigenvalue weighted by Gasteiger charge is 2.17. The molecule has 2 nitrogen and oxygen atoms in total. The van der Waals surface area contributed by atoms with E-state index in [1.807, 2.05) is 6.07 Å². The summed E-state index contributed by atoms with van der Waals surface area (Å²) in [4.78, 5) is 1.22. The van der Waals surface area contributed by atoms with Crippen LogP contribution in [-0.2, 0) is 13.0 Å². The molecule has 0 saturated heterocycles. The number of nitrogens with two attached hydrogens (primary N) is 1. The second-order valence-electron chi connectivity index (χ2n) is 4.84. The molecule has 3 rings (SSSR count). The molecule has 0 radical (unpaired) electrons. The maximum absolute atomic E-state index is 6.12. The Balaban J connectivity index is 1.74. The van der Waals surface area contributed by atoms with Gasteiger partial charge in [-0.15, -0.1) is 11.3 Å². The summed E-state index contributed by atoms with van der Waals surface area (Å²) < 4.78 is 6.99. The average Bonchev–Trinajstić information content (AvgIpc) is 2.82. The van der Waals surface area contributed by atoms with Crippen LogP contribution in [0.5, 0.6) is 5.75 Å². The van der Waals surface area contributed by atoms with E-state index in [2.05, 4.69) is 39.5 Å². The highest BCUT2D eigenvalue weighted by molar-refractivity contribution is 9.10. The van der Waals surface area contributed by atoms with Gasteiger partial charge in [-0.05, 0) is 69.9 Å². The van der Waals surface area contributed by atoms with Crippen molar-refractivity contribution in [2.24, 2.45) is 5.73 Å². The Hall–Kier alpha value is -0.840. The largest absolute Gasteiger partial charge is 0.488 e. The Labute approximate surface area is 125 Å². The van der Waals surface area contributed by atoms with Crippen molar-refractivity contribution in [1.82, 2.24) is 0 Å². The molecule has 1 aliphatic carbocycles. The molecule has 0 amide bonds. The number of fused-ring (bicyclic) bond motifs is 1. The standard InChI is InChI=1S/C15H16BrNOS/c16-13-6-7-19-15(13)9-18-11-4-5-12-10(8-11)2-1-3-14(12)17/h4-8,14H,1-3,9,17H2. The molecular formula is C15H16BrNOS. The Bertz CT molecular complexity index is 581. The number of aryl methyl sites for hydroxylation is 1. The number of benzene rings is 1. The lowest BCUT2D eigenvalue weighted by molar-refractivity contribution is 0.308. The molecule has 0 aliphatic heterocycles. The Morgan fingerprint density at radius 3 is 3.05 bits per heavy atom. The fourth-order valence-corrected chi connectivity index (χ4v) is 3.87. The first-order valence-electron chi connectivity index (χ1n) is 6.47. The maximum atomic E-state index is 6.12. The second-order valence-corrected chi connectivity index (χ2v) is 6.69. The number of hydrogen-bond donors (Lipinski definition) is 1. The SMILES string of the molecule is NC1CCCc2cc(OCc3sccc3Br)ccc21. The summed E-state index contributed by atoms with van der Waals surface area (Å²) >= 11 is 5.23. The van der Waals surface area contributed by atoms with Gasteiger partial charge in [0.25, 0.3) is 0 Å². The minimum Gasteiger partial charge on any atom is -0.488 e. The smallest absolute Gasteiger partial charge is 0.124 e. The molecule has 1 heterocycles. The van der Waals surface area contributed by atoms with Gasteiger partial charge in [-0.2, -0.15) is 0 Å². The van der Waals surface area contributed by atoms with E-state index in [9.17, 15) is 0 Å². The van der Waals surface area contributed by atoms with Crippen molar-refractivity contribution in [3.8, 4) is 5.75 Å². The summed E-state index contributed by atoms with van der Waals surface area (Å²) in [6, 6.07) is 8.55. The van der Waals surface area contributed by atoms with Crippen molar-refractivity contribution >= 4 is 27.3 Å². The topological polar surface area (TPSA) is 35.2 Å². The van der Waals surface area contributed by atoms with Gasteiger partial charge in [-0.25, -0.2) is 0 Å². The van der Waals surface area contributed by atoms with E-state index in [1.165, 1.54) is 22.4 Å². The molecule has 1 unspecified atom stereocenters. The molecule has 1 atom stereocenters. The lowest BCUT2D eigenvalue weighted by atomic mass is 9.88. The van der Waals surface area contributed by atoms with Crippen LogP contribution in [0.2, 0.25) is 0 Å². The summed E-state index contributed by atoms with van der Waals surface area (Å²) in [6.45, 7) is 0.614. The third kappa shape index (κ3) is 2.86. The van der Waals surface area contributed by atoms with E-state index in [1.54, 1.807) is 11.3 Å². The van der Waals surface area contributed by atoms with Gasteiger partial charge < -0.3 is 10.5 Å². The quantitative estimate of drug-likeness (QED) is 0.899. The molecule has 0 fully saturated rings. The molecule has 0 bridgehead atoms. The van der Waals surface area contributed by atoms with Crippen molar-refractivity contribution in [3.63, 3.8) is 0 Å². The van der Waals surface area contributed by atoms with Crippen LogP contribution in [0, 0.1) is 0 Å². The van der Waals surface area contributed by atoms with Gasteiger partial charge in [0.2, 0.25) is 0 Å². The van der Waals surface area contributed by atoms with Crippen molar-refractivity contribution in [1.29, 1.82) is 0 Å². The first-order chi connectivity index (χ1) is 9.24. The first kappa shape index (κ1) is 13.2. The third-order valence-electron chi connectivity index (χ3n) is 3.54. The predicted molar refractivity (Wildman–Crippen MR) is 82.7 cm³/mol. The zero-order valence-corrected chi connectivity index (χ0v) is 13.0. The first-order valence-corrected chi connectivity index (χ1v) is 8.14. The van der Waals surface area contributed by atoms with E-state index >= 15 is 0 Å². The fourth-order valence-electron chi connectivity index (χ4n) is 2.50. The summed E-state index contributed by atoms with van der Waals surface area (Å²) in [5.74, 6) is 0.938. The van der Waals surface area contributed by atoms with Crippen LogP contribution in [0.15, 0.2) is 34.1 Å². The van der Waals surface area contributed by atoms with E-state index in [0.29, 0.717) is 6.61 Å². The van der Waals surface area contributed by atoms with Crippen LogP contribution >= 0.6 is 27.3 Å².